The maximum absolute atomic E-state index is 13.5. The highest BCUT2D eigenvalue weighted by Crippen LogP contribution is 2.26. The van der Waals surface area contributed by atoms with Gasteiger partial charge in [0.1, 0.15) is 5.82 Å². The molecule has 0 saturated heterocycles. The van der Waals surface area contributed by atoms with Crippen LogP contribution in [0.5, 0.6) is 0 Å². The van der Waals surface area contributed by atoms with Crippen LogP contribution in [0.3, 0.4) is 0 Å². The lowest BCUT2D eigenvalue weighted by atomic mass is 10.0. The Labute approximate surface area is 91.1 Å². The van der Waals surface area contributed by atoms with E-state index >= 15 is 0 Å². The molecule has 0 saturated carbocycles. The van der Waals surface area contributed by atoms with E-state index in [1.165, 1.54) is 0 Å². The Kier molecular flexibility index (Phi) is 4.04. The number of hydrogen-bond donors (Lipinski definition) is 2. The molecule has 3 N–H and O–H groups in total. The minimum atomic E-state index is -0.823. The van der Waals surface area contributed by atoms with Crippen LogP contribution in [0.25, 0.3) is 0 Å². The average molecular weight is 262 g/mol. The number of nitrogens with two attached hydrogens (primary N) is 1. The summed E-state index contributed by atoms with van der Waals surface area (Å²) in [5, 5.41) is 9.61. The number of aliphatic hydroxyl groups is 1. The Hall–Kier alpha value is -0.450. The number of halogens is 2. The van der Waals surface area contributed by atoms with E-state index in [4.69, 9.17) is 5.73 Å². The molecule has 0 amide bonds. The summed E-state index contributed by atoms with van der Waals surface area (Å²) in [6.07, 6.45) is -0.455. The van der Waals surface area contributed by atoms with Crippen molar-refractivity contribution in [1.82, 2.24) is 0 Å². The van der Waals surface area contributed by atoms with E-state index in [2.05, 4.69) is 15.9 Å². The van der Waals surface area contributed by atoms with Crippen LogP contribution in [-0.2, 0) is 0 Å². The molecule has 2 nitrogen and oxygen atoms in total. The predicted octanol–water partition coefficient (Wildman–Crippen LogP) is 2.28. The molecule has 0 radical (unpaired) electrons. The van der Waals surface area contributed by atoms with E-state index in [1.54, 1.807) is 19.1 Å². The monoisotopic (exact) mass is 261 g/mol. The molecular weight excluding hydrogens is 249 g/mol. The number of aliphatic hydroxyl groups excluding tert-OH is 1. The summed E-state index contributed by atoms with van der Waals surface area (Å²) in [4.78, 5) is 0. The van der Waals surface area contributed by atoms with E-state index in [0.717, 1.165) is 4.47 Å². The van der Waals surface area contributed by atoms with Crippen LogP contribution in [0.4, 0.5) is 4.39 Å². The molecular formula is C10H13BrFNO. The highest BCUT2D eigenvalue weighted by molar-refractivity contribution is 9.10. The van der Waals surface area contributed by atoms with Crippen LogP contribution in [0, 0.1) is 12.7 Å². The summed E-state index contributed by atoms with van der Waals surface area (Å²) in [5.41, 5.74) is 6.13. The third-order valence-corrected chi connectivity index (χ3v) is 2.50. The molecule has 0 heterocycles. The molecule has 0 spiro atoms. The smallest absolute Gasteiger partial charge is 0.131 e. The first-order chi connectivity index (χ1) is 6.56. The normalized spacial score (nSPS) is 12.9. The van der Waals surface area contributed by atoms with Gasteiger partial charge in [0.15, 0.2) is 0 Å². The minimum Gasteiger partial charge on any atom is -0.388 e. The summed E-state index contributed by atoms with van der Waals surface area (Å²) in [5.74, 6) is -0.353. The summed E-state index contributed by atoms with van der Waals surface area (Å²) < 4.78 is 14.3. The van der Waals surface area contributed by atoms with Gasteiger partial charge < -0.3 is 10.8 Å². The van der Waals surface area contributed by atoms with Crippen molar-refractivity contribution in [2.24, 2.45) is 5.73 Å². The molecule has 0 aliphatic rings. The Morgan fingerprint density at radius 1 is 1.57 bits per heavy atom. The van der Waals surface area contributed by atoms with Crippen molar-refractivity contribution in [2.45, 2.75) is 19.4 Å². The summed E-state index contributed by atoms with van der Waals surface area (Å²) in [6, 6.07) is 3.26. The lowest BCUT2D eigenvalue weighted by molar-refractivity contribution is 0.165. The van der Waals surface area contributed by atoms with Gasteiger partial charge in [-0.15, -0.1) is 0 Å². The molecule has 1 atom stereocenters. The van der Waals surface area contributed by atoms with E-state index < -0.39 is 6.10 Å². The zero-order valence-corrected chi connectivity index (χ0v) is 9.51. The fourth-order valence-corrected chi connectivity index (χ4v) is 1.90. The average Bonchev–Trinajstić information content (AvgIpc) is 2.11. The largest absolute Gasteiger partial charge is 0.388 e. The van der Waals surface area contributed by atoms with Gasteiger partial charge in [-0.2, -0.15) is 0 Å². The van der Waals surface area contributed by atoms with E-state index in [0.29, 0.717) is 24.1 Å². The standard InChI is InChI=1S/C10H13BrFNO/c1-6-4-7(11)5-8(10(6)12)9(14)2-3-13/h4-5,9,14H,2-3,13H2,1H3. The first-order valence-electron chi connectivity index (χ1n) is 4.40. The van der Waals surface area contributed by atoms with Crippen molar-refractivity contribution in [2.75, 3.05) is 6.54 Å². The van der Waals surface area contributed by atoms with Gasteiger partial charge in [0.2, 0.25) is 0 Å². The molecule has 0 bridgehead atoms. The summed E-state index contributed by atoms with van der Waals surface area (Å²) >= 11 is 3.26. The molecule has 0 fully saturated rings. The van der Waals surface area contributed by atoms with Gasteiger partial charge in [-0.3, -0.25) is 0 Å². The van der Waals surface area contributed by atoms with Crippen LogP contribution in [0.1, 0.15) is 23.7 Å². The lowest BCUT2D eigenvalue weighted by Crippen LogP contribution is -2.09. The zero-order valence-electron chi connectivity index (χ0n) is 7.93. The van der Waals surface area contributed by atoms with Gasteiger partial charge in [-0.25, -0.2) is 4.39 Å². The summed E-state index contributed by atoms with van der Waals surface area (Å²) in [6.45, 7) is 2.00. The first kappa shape index (κ1) is 11.6. The van der Waals surface area contributed by atoms with E-state index in [9.17, 15) is 9.50 Å². The molecule has 4 heteroatoms. The van der Waals surface area contributed by atoms with Crippen LogP contribution < -0.4 is 5.73 Å². The molecule has 1 unspecified atom stereocenters. The van der Waals surface area contributed by atoms with Crippen LogP contribution >= 0.6 is 15.9 Å². The van der Waals surface area contributed by atoms with Crippen molar-refractivity contribution >= 4 is 15.9 Å². The third-order valence-electron chi connectivity index (χ3n) is 2.05. The molecule has 14 heavy (non-hydrogen) atoms. The van der Waals surface area contributed by atoms with Crippen LogP contribution in [0.15, 0.2) is 16.6 Å². The highest BCUT2D eigenvalue weighted by atomic mass is 79.9. The Morgan fingerprint density at radius 3 is 2.79 bits per heavy atom. The van der Waals surface area contributed by atoms with Crippen molar-refractivity contribution in [3.05, 3.63) is 33.5 Å². The molecule has 0 aliphatic heterocycles. The van der Waals surface area contributed by atoms with Gasteiger partial charge in [0.05, 0.1) is 6.10 Å². The molecule has 1 rings (SSSR count). The van der Waals surface area contributed by atoms with E-state index in [-0.39, 0.29) is 5.82 Å². The molecule has 0 aromatic heterocycles. The quantitative estimate of drug-likeness (QED) is 0.877. The molecule has 1 aromatic carbocycles. The second kappa shape index (κ2) is 4.87. The third kappa shape index (κ3) is 2.53. The van der Waals surface area contributed by atoms with Crippen molar-refractivity contribution in [3.63, 3.8) is 0 Å². The molecule has 0 aliphatic carbocycles. The number of hydrogen-bond acceptors (Lipinski definition) is 2. The highest BCUT2D eigenvalue weighted by Gasteiger charge is 2.14. The Bertz CT molecular complexity index is 330. The molecule has 78 valence electrons. The van der Waals surface area contributed by atoms with Crippen molar-refractivity contribution in [3.8, 4) is 0 Å². The maximum Gasteiger partial charge on any atom is 0.131 e. The van der Waals surface area contributed by atoms with Gasteiger partial charge in [-0.05, 0) is 37.6 Å². The van der Waals surface area contributed by atoms with Crippen molar-refractivity contribution in [1.29, 1.82) is 0 Å². The second-order valence-electron chi connectivity index (χ2n) is 3.22. The summed E-state index contributed by atoms with van der Waals surface area (Å²) in [7, 11) is 0. The number of rotatable bonds is 3. The van der Waals surface area contributed by atoms with Gasteiger partial charge in [-0.1, -0.05) is 15.9 Å². The van der Waals surface area contributed by atoms with Crippen molar-refractivity contribution < 1.29 is 9.50 Å². The number of benzene rings is 1. The SMILES string of the molecule is Cc1cc(Br)cc(C(O)CCN)c1F. The lowest BCUT2D eigenvalue weighted by Gasteiger charge is -2.12. The predicted molar refractivity (Wildman–Crippen MR) is 57.5 cm³/mol. The minimum absolute atomic E-state index is 0.308. The molecule has 1 aromatic rings. The second-order valence-corrected chi connectivity index (χ2v) is 4.13. The van der Waals surface area contributed by atoms with Gasteiger partial charge in [0, 0.05) is 10.0 Å². The van der Waals surface area contributed by atoms with Gasteiger partial charge >= 0.3 is 0 Å². The fourth-order valence-electron chi connectivity index (χ4n) is 1.31. The maximum atomic E-state index is 13.5. The Balaban J connectivity index is 3.07. The van der Waals surface area contributed by atoms with Crippen LogP contribution in [-0.4, -0.2) is 11.7 Å². The number of aryl methyl sites for hydroxylation is 1. The topological polar surface area (TPSA) is 46.2 Å². The zero-order chi connectivity index (χ0) is 10.7. The fraction of sp³-hybridized carbons (Fsp3) is 0.400. The van der Waals surface area contributed by atoms with E-state index in [1.807, 2.05) is 0 Å². The van der Waals surface area contributed by atoms with Crippen LogP contribution in [0.2, 0.25) is 0 Å². The first-order valence-corrected chi connectivity index (χ1v) is 5.19. The van der Waals surface area contributed by atoms with Gasteiger partial charge in [0.25, 0.3) is 0 Å². The Morgan fingerprint density at radius 2 is 2.21 bits per heavy atom.